The van der Waals surface area contributed by atoms with E-state index in [0.29, 0.717) is 21.4 Å². The Balaban J connectivity index is 1.46. The van der Waals surface area contributed by atoms with Crippen molar-refractivity contribution in [2.45, 2.75) is 15.6 Å². The van der Waals surface area contributed by atoms with Crippen molar-refractivity contribution >= 4 is 38.7 Å². The smallest absolute Gasteiger partial charge is 0.261 e. The van der Waals surface area contributed by atoms with Crippen molar-refractivity contribution in [3.05, 3.63) is 70.1 Å². The summed E-state index contributed by atoms with van der Waals surface area (Å²) < 4.78 is 36.0. The third kappa shape index (κ3) is 3.71. The van der Waals surface area contributed by atoms with Crippen molar-refractivity contribution in [3.63, 3.8) is 0 Å². The summed E-state index contributed by atoms with van der Waals surface area (Å²) in [7, 11) is -3.69. The van der Waals surface area contributed by atoms with Crippen molar-refractivity contribution in [2.24, 2.45) is 0 Å². The van der Waals surface area contributed by atoms with E-state index < -0.39 is 9.84 Å². The lowest BCUT2D eigenvalue weighted by Crippen LogP contribution is -2.21. The van der Waals surface area contributed by atoms with Crippen LogP contribution in [0.25, 0.3) is 0 Å². The molecule has 0 saturated heterocycles. The summed E-state index contributed by atoms with van der Waals surface area (Å²) in [5, 5.41) is 3.23. The zero-order chi connectivity index (χ0) is 19.7. The second-order valence-electron chi connectivity index (χ2n) is 5.95. The highest BCUT2D eigenvalue weighted by Gasteiger charge is 2.22. The Hall–Kier alpha value is -2.55. The SMILES string of the molecule is O=C(NCc1ccc2c(c1)OCO2)c1ccc(S(=O)(=O)c2ccc(Cl)cc2)s1. The maximum atomic E-state index is 12.7. The summed E-state index contributed by atoms with van der Waals surface area (Å²) in [6.45, 7) is 0.470. The third-order valence-corrected chi connectivity index (χ3v) is 7.68. The van der Waals surface area contributed by atoms with Crippen LogP contribution in [0.1, 0.15) is 15.2 Å². The van der Waals surface area contributed by atoms with Gasteiger partial charge < -0.3 is 14.8 Å². The van der Waals surface area contributed by atoms with Crippen LogP contribution >= 0.6 is 22.9 Å². The molecule has 6 nitrogen and oxygen atoms in total. The minimum absolute atomic E-state index is 0.100. The predicted octanol–water partition coefficient (Wildman–Crippen LogP) is 3.89. The molecular formula is C19H14ClNO5S2. The van der Waals surface area contributed by atoms with Crippen LogP contribution in [0.5, 0.6) is 11.5 Å². The van der Waals surface area contributed by atoms with E-state index in [0.717, 1.165) is 16.9 Å². The number of ether oxygens (including phenoxy) is 2. The van der Waals surface area contributed by atoms with Gasteiger partial charge in [0, 0.05) is 11.6 Å². The molecule has 9 heteroatoms. The van der Waals surface area contributed by atoms with Gasteiger partial charge in [-0.05, 0) is 54.1 Å². The van der Waals surface area contributed by atoms with Gasteiger partial charge in [0.2, 0.25) is 16.6 Å². The van der Waals surface area contributed by atoms with Gasteiger partial charge in [0.05, 0.1) is 9.77 Å². The molecule has 0 unspecified atom stereocenters. The number of hydrogen-bond donors (Lipinski definition) is 1. The van der Waals surface area contributed by atoms with Crippen LogP contribution in [-0.2, 0) is 16.4 Å². The van der Waals surface area contributed by atoms with Gasteiger partial charge in [-0.25, -0.2) is 8.42 Å². The molecule has 28 heavy (non-hydrogen) atoms. The average Bonchev–Trinajstić information content (AvgIpc) is 3.36. The normalized spacial score (nSPS) is 12.8. The predicted molar refractivity (Wildman–Crippen MR) is 105 cm³/mol. The number of halogens is 1. The molecule has 144 valence electrons. The van der Waals surface area contributed by atoms with Gasteiger partial charge in [-0.1, -0.05) is 17.7 Å². The van der Waals surface area contributed by atoms with Crippen LogP contribution in [0.15, 0.2) is 63.7 Å². The Labute approximate surface area is 170 Å². The van der Waals surface area contributed by atoms with Crippen LogP contribution in [0.4, 0.5) is 0 Å². The summed E-state index contributed by atoms with van der Waals surface area (Å²) in [5.74, 6) is 0.963. The van der Waals surface area contributed by atoms with Gasteiger partial charge in [-0.15, -0.1) is 11.3 Å². The minimum atomic E-state index is -3.69. The quantitative estimate of drug-likeness (QED) is 0.657. The monoisotopic (exact) mass is 435 g/mol. The first kappa shape index (κ1) is 18.8. The van der Waals surface area contributed by atoms with Gasteiger partial charge in [-0.2, -0.15) is 0 Å². The number of carbonyl (C=O) groups is 1. The second-order valence-corrected chi connectivity index (χ2v) is 9.64. The van der Waals surface area contributed by atoms with E-state index in [1.54, 1.807) is 12.1 Å². The van der Waals surface area contributed by atoms with E-state index in [-0.39, 0.29) is 28.3 Å². The summed E-state index contributed by atoms with van der Waals surface area (Å²) in [6.07, 6.45) is 0. The Morgan fingerprint density at radius 3 is 2.57 bits per heavy atom. The zero-order valence-corrected chi connectivity index (χ0v) is 16.7. The number of amides is 1. The van der Waals surface area contributed by atoms with E-state index >= 15 is 0 Å². The molecule has 0 atom stereocenters. The first-order chi connectivity index (χ1) is 13.4. The second kappa shape index (κ2) is 7.46. The highest BCUT2D eigenvalue weighted by molar-refractivity contribution is 7.93. The number of carbonyl (C=O) groups excluding carboxylic acids is 1. The molecule has 0 aliphatic carbocycles. The molecule has 0 radical (unpaired) electrons. The lowest BCUT2D eigenvalue weighted by atomic mass is 10.2. The molecule has 1 aliphatic heterocycles. The molecule has 0 saturated carbocycles. The number of thiophene rings is 1. The van der Waals surface area contributed by atoms with Gasteiger partial charge in [0.25, 0.3) is 5.91 Å². The number of hydrogen-bond acceptors (Lipinski definition) is 6. The van der Waals surface area contributed by atoms with Gasteiger partial charge in [-0.3, -0.25) is 4.79 Å². The number of benzene rings is 2. The van der Waals surface area contributed by atoms with Crippen molar-refractivity contribution in [3.8, 4) is 11.5 Å². The van der Waals surface area contributed by atoms with E-state index in [1.807, 2.05) is 6.07 Å². The summed E-state index contributed by atoms with van der Waals surface area (Å²) in [4.78, 5) is 12.8. The van der Waals surface area contributed by atoms with Crippen LogP contribution in [0.2, 0.25) is 5.02 Å². The first-order valence-corrected chi connectivity index (χ1v) is 10.9. The van der Waals surface area contributed by atoms with Crippen LogP contribution in [0, 0.1) is 0 Å². The number of fused-ring (bicyclic) bond motifs is 1. The minimum Gasteiger partial charge on any atom is -0.454 e. The molecule has 1 aliphatic rings. The fourth-order valence-electron chi connectivity index (χ4n) is 2.64. The molecule has 0 bridgehead atoms. The Kier molecular flexibility index (Phi) is 5.01. The maximum absolute atomic E-state index is 12.7. The topological polar surface area (TPSA) is 81.7 Å². The molecule has 1 aromatic heterocycles. The first-order valence-electron chi connectivity index (χ1n) is 8.21. The Morgan fingerprint density at radius 2 is 1.79 bits per heavy atom. The van der Waals surface area contributed by atoms with E-state index in [2.05, 4.69) is 5.32 Å². The van der Waals surface area contributed by atoms with Gasteiger partial charge >= 0.3 is 0 Å². The standard InChI is InChI=1S/C19H14ClNO5S2/c20-13-2-4-14(5-3-13)28(23,24)18-8-7-17(27-18)19(22)21-10-12-1-6-15-16(9-12)26-11-25-15/h1-9H,10-11H2,(H,21,22). The van der Waals surface area contributed by atoms with Crippen molar-refractivity contribution in [1.29, 1.82) is 0 Å². The van der Waals surface area contributed by atoms with Crippen LogP contribution in [0.3, 0.4) is 0 Å². The lowest BCUT2D eigenvalue weighted by molar-refractivity contribution is 0.0955. The summed E-state index contributed by atoms with van der Waals surface area (Å²) >= 11 is 6.73. The van der Waals surface area contributed by atoms with Gasteiger partial charge in [0.15, 0.2) is 11.5 Å². The average molecular weight is 436 g/mol. The largest absolute Gasteiger partial charge is 0.454 e. The third-order valence-electron chi connectivity index (χ3n) is 4.08. The zero-order valence-electron chi connectivity index (χ0n) is 14.3. The van der Waals surface area contributed by atoms with Crippen LogP contribution in [-0.4, -0.2) is 21.1 Å². The number of nitrogens with one attached hydrogen (secondary N) is 1. The molecule has 1 amide bonds. The number of rotatable bonds is 5. The fraction of sp³-hybridized carbons (Fsp3) is 0.105. The van der Waals surface area contributed by atoms with E-state index in [1.165, 1.54) is 36.4 Å². The summed E-state index contributed by atoms with van der Waals surface area (Å²) in [5.41, 5.74) is 0.850. The molecule has 0 fully saturated rings. The van der Waals surface area contributed by atoms with Crippen molar-refractivity contribution < 1.29 is 22.7 Å². The molecule has 0 spiro atoms. The lowest BCUT2D eigenvalue weighted by Gasteiger charge is -2.05. The molecule has 3 aromatic rings. The highest BCUT2D eigenvalue weighted by Crippen LogP contribution is 2.32. The number of sulfone groups is 1. The molecule has 2 aromatic carbocycles. The molecule has 4 rings (SSSR count). The maximum Gasteiger partial charge on any atom is 0.261 e. The molecule has 2 heterocycles. The fourth-order valence-corrected chi connectivity index (χ4v) is 5.39. The Bertz CT molecular complexity index is 1140. The molecular weight excluding hydrogens is 422 g/mol. The molecule has 1 N–H and O–H groups in total. The van der Waals surface area contributed by atoms with Gasteiger partial charge in [0.1, 0.15) is 4.21 Å². The van der Waals surface area contributed by atoms with Crippen LogP contribution < -0.4 is 14.8 Å². The summed E-state index contributed by atoms with van der Waals surface area (Å²) in [6, 6.07) is 14.3. The van der Waals surface area contributed by atoms with E-state index in [4.69, 9.17) is 21.1 Å². The Morgan fingerprint density at radius 1 is 1.04 bits per heavy atom. The van der Waals surface area contributed by atoms with Crippen molar-refractivity contribution in [1.82, 2.24) is 5.32 Å². The van der Waals surface area contributed by atoms with Crippen molar-refractivity contribution in [2.75, 3.05) is 6.79 Å². The highest BCUT2D eigenvalue weighted by atomic mass is 35.5. The van der Waals surface area contributed by atoms with E-state index in [9.17, 15) is 13.2 Å².